The van der Waals surface area contributed by atoms with Gasteiger partial charge in [-0.3, -0.25) is 15.0 Å². The Kier molecular flexibility index (Phi) is 10.4. The Labute approximate surface area is 253 Å². The van der Waals surface area contributed by atoms with Crippen LogP contribution in [0.1, 0.15) is 87.0 Å². The average molecular weight is 585 g/mol. The van der Waals surface area contributed by atoms with Gasteiger partial charge in [-0.2, -0.15) is 0 Å². The number of nitrogens with zero attached hydrogens (tertiary/aromatic N) is 2. The summed E-state index contributed by atoms with van der Waals surface area (Å²) >= 11 is 0. The number of aromatic nitrogens is 2. The van der Waals surface area contributed by atoms with Crippen LogP contribution in [0.15, 0.2) is 50.6 Å². The van der Waals surface area contributed by atoms with E-state index in [4.69, 9.17) is 15.2 Å². The van der Waals surface area contributed by atoms with Crippen molar-refractivity contribution in [2.24, 2.45) is 9.98 Å². The van der Waals surface area contributed by atoms with Gasteiger partial charge in [-0.1, -0.05) is 20.4 Å². The molecule has 2 aliphatic rings. The molecule has 2 aliphatic heterocycles. The zero-order valence-electron chi connectivity index (χ0n) is 26.3. The molecule has 2 aromatic heterocycles. The third-order valence-corrected chi connectivity index (χ3v) is 8.60. The number of nitrogens with one attached hydrogen (secondary N) is 2. The maximum Gasteiger partial charge on any atom is 0.303 e. The number of hydrogen-bond donors (Lipinski definition) is 4. The van der Waals surface area contributed by atoms with Crippen LogP contribution in [0.4, 0.5) is 0 Å². The molecule has 0 radical (unpaired) electrons. The van der Waals surface area contributed by atoms with Gasteiger partial charge < -0.3 is 15.1 Å². The van der Waals surface area contributed by atoms with Crippen LogP contribution in [0.25, 0.3) is 18.2 Å². The highest BCUT2D eigenvalue weighted by Crippen LogP contribution is 2.31. The molecule has 0 fully saturated rings. The Morgan fingerprint density at radius 2 is 1.70 bits per heavy atom. The van der Waals surface area contributed by atoms with Gasteiger partial charge in [0.1, 0.15) is 0 Å². The summed E-state index contributed by atoms with van der Waals surface area (Å²) in [6, 6.07) is 0. The van der Waals surface area contributed by atoms with Gasteiger partial charge in [0.2, 0.25) is 0 Å². The van der Waals surface area contributed by atoms with Gasteiger partial charge in [0.05, 0.1) is 30.3 Å². The molecule has 228 valence electrons. The second-order valence-electron chi connectivity index (χ2n) is 11.2. The average Bonchev–Trinajstić information content (AvgIpc) is 3.67. The van der Waals surface area contributed by atoms with Gasteiger partial charge in [-0.25, -0.2) is 9.88 Å². The molecule has 4 rings (SSSR count). The van der Waals surface area contributed by atoms with Gasteiger partial charge >= 0.3 is 5.97 Å². The Morgan fingerprint density at radius 3 is 2.33 bits per heavy atom. The molecule has 0 aromatic carbocycles. The Hall–Kier alpha value is -4.01. The molecular weight excluding hydrogens is 540 g/mol. The fraction of sp³-hybridized carbons (Fsp3) is 0.400. The molecular formula is C35H44N4O4. The second-order valence-corrected chi connectivity index (χ2v) is 11.2. The quantitative estimate of drug-likeness (QED) is 0.133. The van der Waals surface area contributed by atoms with Crippen LogP contribution in [0, 0.1) is 13.8 Å². The molecule has 0 atom stereocenters. The van der Waals surface area contributed by atoms with E-state index in [1.165, 1.54) is 22.3 Å². The lowest BCUT2D eigenvalue weighted by molar-refractivity contribution is -0.242. The highest BCUT2D eigenvalue weighted by atomic mass is 17.1. The van der Waals surface area contributed by atoms with Crippen LogP contribution < -0.4 is 10.7 Å². The molecule has 0 unspecified atom stereocenters. The summed E-state index contributed by atoms with van der Waals surface area (Å²) in [5, 5.41) is 20.1. The Balaban J connectivity index is 1.81. The molecule has 8 heteroatoms. The maximum absolute atomic E-state index is 11.3. The second kappa shape index (κ2) is 14.0. The number of carbonyl (C=O) groups is 1. The lowest BCUT2D eigenvalue weighted by Gasteiger charge is -2.04. The van der Waals surface area contributed by atoms with Crippen molar-refractivity contribution >= 4 is 35.6 Å². The minimum Gasteiger partial charge on any atom is -0.481 e. The molecule has 4 N–H and O–H groups in total. The van der Waals surface area contributed by atoms with Gasteiger partial charge in [-0.05, 0) is 129 Å². The minimum absolute atomic E-state index is 0.0721. The van der Waals surface area contributed by atoms with Crippen molar-refractivity contribution in [3.05, 3.63) is 85.0 Å². The van der Waals surface area contributed by atoms with Crippen molar-refractivity contribution in [2.45, 2.75) is 80.1 Å². The first kappa shape index (κ1) is 31.9. The van der Waals surface area contributed by atoms with Gasteiger partial charge in [0.15, 0.2) is 0 Å². The van der Waals surface area contributed by atoms with Crippen LogP contribution >= 0.6 is 0 Å². The number of rotatable bonds is 13. The highest BCUT2D eigenvalue weighted by molar-refractivity contribution is 6.22. The molecule has 0 spiro atoms. The van der Waals surface area contributed by atoms with E-state index in [1.54, 1.807) is 0 Å². The van der Waals surface area contributed by atoms with Crippen LogP contribution in [0.2, 0.25) is 0 Å². The number of aromatic amines is 2. The van der Waals surface area contributed by atoms with Crippen LogP contribution in [-0.4, -0.2) is 50.9 Å². The van der Waals surface area contributed by atoms with Crippen molar-refractivity contribution in [1.82, 2.24) is 9.97 Å². The number of carboxylic acids is 1. The fourth-order valence-electron chi connectivity index (χ4n) is 6.10. The molecule has 8 nitrogen and oxygen atoms in total. The summed E-state index contributed by atoms with van der Waals surface area (Å²) in [7, 11) is 0. The number of carboxylic acid groups (broad SMARTS) is 1. The molecule has 0 saturated carbocycles. The highest BCUT2D eigenvalue weighted by Gasteiger charge is 2.20. The van der Waals surface area contributed by atoms with Crippen molar-refractivity contribution < 1.29 is 20.0 Å². The van der Waals surface area contributed by atoms with E-state index >= 15 is 0 Å². The number of hydrogen-bond acceptors (Lipinski definition) is 5. The van der Waals surface area contributed by atoms with Crippen molar-refractivity contribution in [3.8, 4) is 0 Å². The zero-order chi connectivity index (χ0) is 31.3. The first-order valence-electron chi connectivity index (χ1n) is 15.1. The maximum atomic E-state index is 11.3. The molecule has 4 heterocycles. The molecule has 0 saturated heterocycles. The molecule has 0 bridgehead atoms. The minimum atomic E-state index is -0.815. The molecule has 2 aromatic rings. The molecule has 0 aliphatic carbocycles. The fourth-order valence-corrected chi connectivity index (χ4v) is 6.10. The van der Waals surface area contributed by atoms with Gasteiger partial charge in [0, 0.05) is 28.5 Å². The summed E-state index contributed by atoms with van der Waals surface area (Å²) in [6.07, 6.45) is 11.9. The Morgan fingerprint density at radius 1 is 0.930 bits per heavy atom. The van der Waals surface area contributed by atoms with E-state index in [1.807, 2.05) is 19.1 Å². The van der Waals surface area contributed by atoms with Gasteiger partial charge in [0.25, 0.3) is 0 Å². The van der Waals surface area contributed by atoms with E-state index in [-0.39, 0.29) is 13.0 Å². The standard InChI is InChI=1S/C35H44N4O4/c1-8-24-21(5)31(37-28(24)10-3)17-33-25(9-2)22(6)29(38-33)16-30-23(7)27(12-11-15-43-42)34(39-30)18-32-26(13-14-35(40)41)20(4)19-36-32/h10,16-18,38-39,42H,3,8-9,11-15,19H2,1-2,4-7H3,(H,40,41)/b30-16-,31-17-,34-18?. The summed E-state index contributed by atoms with van der Waals surface area (Å²) in [4.78, 5) is 32.5. The largest absolute Gasteiger partial charge is 0.481 e. The first-order valence-corrected chi connectivity index (χ1v) is 15.1. The van der Waals surface area contributed by atoms with Crippen LogP contribution in [0.5, 0.6) is 0 Å². The summed E-state index contributed by atoms with van der Waals surface area (Å²) in [6.45, 7) is 17.5. The van der Waals surface area contributed by atoms with Gasteiger partial charge in [-0.15, -0.1) is 0 Å². The van der Waals surface area contributed by atoms with Crippen molar-refractivity contribution in [3.63, 3.8) is 0 Å². The first-order chi connectivity index (χ1) is 20.6. The Bertz CT molecular complexity index is 1710. The molecule has 43 heavy (non-hydrogen) atoms. The van der Waals surface area contributed by atoms with E-state index < -0.39 is 5.97 Å². The SMILES string of the molecule is C=CC1=N/C(=C\c2[nH]c(/C=c3\[nH]c(=CC4=NCC(C)=C4CCC(=O)O)c(CCCOO)c3C)c(C)c2CC)C(C)=C1CC. The smallest absolute Gasteiger partial charge is 0.303 e. The van der Waals surface area contributed by atoms with Crippen molar-refractivity contribution in [2.75, 3.05) is 13.2 Å². The summed E-state index contributed by atoms with van der Waals surface area (Å²) in [5.74, 6) is -0.815. The predicted molar refractivity (Wildman–Crippen MR) is 175 cm³/mol. The van der Waals surface area contributed by atoms with E-state index in [0.29, 0.717) is 25.8 Å². The zero-order valence-corrected chi connectivity index (χ0v) is 26.3. The third-order valence-electron chi connectivity index (χ3n) is 8.60. The van der Waals surface area contributed by atoms with E-state index in [0.717, 1.165) is 74.3 Å². The lowest BCUT2D eigenvalue weighted by Crippen LogP contribution is -2.16. The number of allylic oxidation sites excluding steroid dienone is 4. The number of aliphatic imine (C=N–C) groups is 2. The summed E-state index contributed by atoms with van der Waals surface area (Å²) < 4.78 is 0. The molecule has 0 amide bonds. The van der Waals surface area contributed by atoms with Crippen LogP contribution in [-0.2, 0) is 22.5 Å². The van der Waals surface area contributed by atoms with E-state index in [2.05, 4.69) is 68.2 Å². The van der Waals surface area contributed by atoms with Crippen LogP contribution in [0.3, 0.4) is 0 Å². The monoisotopic (exact) mass is 584 g/mol. The lowest BCUT2D eigenvalue weighted by atomic mass is 10.0. The topological polar surface area (TPSA) is 123 Å². The summed E-state index contributed by atoms with van der Waals surface area (Å²) in [5.41, 5.74) is 14.1. The number of aliphatic carboxylic acids is 1. The third kappa shape index (κ3) is 6.81. The van der Waals surface area contributed by atoms with Crippen molar-refractivity contribution in [1.29, 1.82) is 0 Å². The predicted octanol–water partition coefficient (Wildman–Crippen LogP) is 5.90. The van der Waals surface area contributed by atoms with E-state index in [9.17, 15) is 9.90 Å². The normalized spacial score (nSPS) is 17.1. The number of H-pyrrole nitrogens is 2.